The molecule has 0 bridgehead atoms. The van der Waals surface area contributed by atoms with Crippen molar-refractivity contribution in [1.82, 2.24) is 0 Å². The molecule has 1 N–H and O–H groups in total. The zero-order valence-corrected chi connectivity index (χ0v) is 13.1. The van der Waals surface area contributed by atoms with Crippen LogP contribution in [0.2, 0.25) is 0 Å². The third kappa shape index (κ3) is 3.11. The fraction of sp³-hybridized carbons (Fsp3) is 0.133. The summed E-state index contributed by atoms with van der Waals surface area (Å²) in [6.45, 7) is 3.57. The molecule has 0 aliphatic carbocycles. The molecule has 1 amide bonds. The van der Waals surface area contributed by atoms with Gasteiger partial charge < -0.3 is 5.32 Å². The highest BCUT2D eigenvalue weighted by Gasteiger charge is 2.22. The molecule has 0 unspecified atom stereocenters. The van der Waals surface area contributed by atoms with E-state index in [0.717, 1.165) is 10.0 Å². The minimum atomic E-state index is -0.548. The van der Waals surface area contributed by atoms with Gasteiger partial charge in [-0.1, -0.05) is 24.3 Å². The average molecular weight is 349 g/mol. The van der Waals surface area contributed by atoms with Gasteiger partial charge in [0.2, 0.25) is 0 Å². The largest absolute Gasteiger partial charge is 0.321 e. The lowest BCUT2D eigenvalue weighted by atomic mass is 10.1. The molecule has 6 heteroatoms. The Bertz CT molecular complexity index is 729. The van der Waals surface area contributed by atoms with Crippen molar-refractivity contribution in [2.24, 2.45) is 0 Å². The molecule has 2 aromatic carbocycles. The lowest BCUT2D eigenvalue weighted by Crippen LogP contribution is -2.16. The maximum absolute atomic E-state index is 12.4. The van der Waals surface area contributed by atoms with Crippen LogP contribution in [-0.4, -0.2) is 10.8 Å². The second-order valence-corrected chi connectivity index (χ2v) is 5.41. The molecule has 0 spiro atoms. The Morgan fingerprint density at radius 2 is 1.76 bits per heavy atom. The summed E-state index contributed by atoms with van der Waals surface area (Å²) in [6, 6.07) is 10.0. The number of halogens is 1. The summed E-state index contributed by atoms with van der Waals surface area (Å²) in [7, 11) is 0. The minimum absolute atomic E-state index is 0.0795. The molecule has 0 aliphatic rings. The van der Waals surface area contributed by atoms with Gasteiger partial charge >= 0.3 is 0 Å². The van der Waals surface area contributed by atoms with Crippen molar-refractivity contribution >= 4 is 33.2 Å². The number of rotatable bonds is 3. The van der Waals surface area contributed by atoms with E-state index in [1.165, 1.54) is 6.07 Å². The van der Waals surface area contributed by atoms with Crippen LogP contribution in [0.15, 0.2) is 40.9 Å². The Hall–Kier alpha value is -2.21. The lowest BCUT2D eigenvalue weighted by Gasteiger charge is -2.11. The molecule has 21 heavy (non-hydrogen) atoms. The molecule has 0 heterocycles. The summed E-state index contributed by atoms with van der Waals surface area (Å²) in [4.78, 5) is 22.9. The van der Waals surface area contributed by atoms with E-state index in [-0.39, 0.29) is 11.3 Å². The lowest BCUT2D eigenvalue weighted by molar-refractivity contribution is -0.385. The first kappa shape index (κ1) is 15.2. The number of carbonyl (C=O) groups is 1. The van der Waals surface area contributed by atoms with E-state index in [1.54, 1.807) is 25.1 Å². The van der Waals surface area contributed by atoms with Gasteiger partial charge in [0.15, 0.2) is 0 Å². The van der Waals surface area contributed by atoms with Gasteiger partial charge in [-0.25, -0.2) is 0 Å². The number of carbonyl (C=O) groups excluding carboxylic acids is 1. The predicted molar refractivity (Wildman–Crippen MR) is 84.7 cm³/mol. The van der Waals surface area contributed by atoms with Gasteiger partial charge in [-0.15, -0.1) is 0 Å². The number of nitrogens with one attached hydrogen (secondary N) is 1. The van der Waals surface area contributed by atoms with E-state index in [2.05, 4.69) is 21.2 Å². The molecule has 5 nitrogen and oxygen atoms in total. The third-order valence-corrected chi connectivity index (χ3v) is 4.17. The molecule has 0 fully saturated rings. The fourth-order valence-corrected chi connectivity index (χ4v) is 2.39. The molecule has 108 valence electrons. The first-order valence-electron chi connectivity index (χ1n) is 6.22. The highest BCUT2D eigenvalue weighted by Crippen LogP contribution is 2.28. The van der Waals surface area contributed by atoms with E-state index >= 15 is 0 Å². The number of nitrogens with zero attached hydrogens (tertiary/aromatic N) is 1. The Balaban J connectivity index is 2.42. The van der Waals surface area contributed by atoms with E-state index in [0.29, 0.717) is 11.3 Å². The van der Waals surface area contributed by atoms with Crippen molar-refractivity contribution in [2.45, 2.75) is 13.8 Å². The van der Waals surface area contributed by atoms with Crippen molar-refractivity contribution in [3.63, 3.8) is 0 Å². The smallest absolute Gasteiger partial charge is 0.282 e. The average Bonchev–Trinajstić information content (AvgIpc) is 2.43. The van der Waals surface area contributed by atoms with E-state index in [1.807, 2.05) is 19.1 Å². The van der Waals surface area contributed by atoms with Crippen molar-refractivity contribution < 1.29 is 9.72 Å². The van der Waals surface area contributed by atoms with Crippen LogP contribution in [0.3, 0.4) is 0 Å². The highest BCUT2D eigenvalue weighted by atomic mass is 79.9. The minimum Gasteiger partial charge on any atom is -0.321 e. The zero-order chi connectivity index (χ0) is 15.6. The Morgan fingerprint density at radius 1 is 1.14 bits per heavy atom. The van der Waals surface area contributed by atoms with E-state index in [9.17, 15) is 14.9 Å². The van der Waals surface area contributed by atoms with E-state index in [4.69, 9.17) is 0 Å². The van der Waals surface area contributed by atoms with Gasteiger partial charge in [-0.3, -0.25) is 14.9 Å². The number of hydrogen-bond donors (Lipinski definition) is 1. The summed E-state index contributed by atoms with van der Waals surface area (Å²) in [5, 5.41) is 13.8. The maximum Gasteiger partial charge on any atom is 0.282 e. The number of nitro groups is 1. The number of benzene rings is 2. The summed E-state index contributed by atoms with van der Waals surface area (Å²) in [5.74, 6) is -0.494. The Kier molecular flexibility index (Phi) is 4.37. The molecule has 2 aromatic rings. The van der Waals surface area contributed by atoms with Crippen LogP contribution < -0.4 is 5.32 Å². The number of hydrogen-bond acceptors (Lipinski definition) is 3. The fourth-order valence-electron chi connectivity index (χ4n) is 2.03. The number of anilines is 1. The molecule has 0 aliphatic heterocycles. The Labute approximate surface area is 130 Å². The second kappa shape index (κ2) is 6.05. The molecule has 2 rings (SSSR count). The van der Waals surface area contributed by atoms with Crippen LogP contribution in [0, 0.1) is 24.0 Å². The van der Waals surface area contributed by atoms with Gasteiger partial charge in [0.1, 0.15) is 5.56 Å². The van der Waals surface area contributed by atoms with Gasteiger partial charge in [0.25, 0.3) is 11.6 Å². The first-order valence-corrected chi connectivity index (χ1v) is 7.01. The van der Waals surface area contributed by atoms with Crippen LogP contribution in [0.4, 0.5) is 11.4 Å². The first-order chi connectivity index (χ1) is 9.91. The van der Waals surface area contributed by atoms with Crippen molar-refractivity contribution in [2.75, 3.05) is 5.32 Å². The van der Waals surface area contributed by atoms with Crippen LogP contribution >= 0.6 is 15.9 Å². The third-order valence-electron chi connectivity index (χ3n) is 3.11. The topological polar surface area (TPSA) is 72.2 Å². The van der Waals surface area contributed by atoms with Gasteiger partial charge in [-0.2, -0.15) is 0 Å². The predicted octanol–water partition coefficient (Wildman–Crippen LogP) is 4.23. The quantitative estimate of drug-likeness (QED) is 0.666. The molecular formula is C15H13BrN2O3. The van der Waals surface area contributed by atoms with E-state index < -0.39 is 10.8 Å². The standard InChI is InChI=1S/C15H13BrN2O3/c1-9-5-4-8-12(18(20)21)13(9)15(19)17-11-7-3-6-10(2)14(11)16/h3-8H,1-2H3,(H,17,19). The van der Waals surface area contributed by atoms with Gasteiger partial charge in [0, 0.05) is 10.5 Å². The zero-order valence-electron chi connectivity index (χ0n) is 11.5. The van der Waals surface area contributed by atoms with Crippen LogP contribution in [0.5, 0.6) is 0 Å². The van der Waals surface area contributed by atoms with Crippen LogP contribution in [0.1, 0.15) is 21.5 Å². The summed E-state index contributed by atoms with van der Waals surface area (Å²) in [5.41, 5.74) is 1.99. The molecule has 0 saturated carbocycles. The van der Waals surface area contributed by atoms with Crippen molar-refractivity contribution in [3.8, 4) is 0 Å². The second-order valence-electron chi connectivity index (χ2n) is 4.62. The molecule has 0 aromatic heterocycles. The summed E-state index contributed by atoms with van der Waals surface area (Å²) < 4.78 is 0.759. The van der Waals surface area contributed by atoms with Crippen molar-refractivity contribution in [1.29, 1.82) is 0 Å². The van der Waals surface area contributed by atoms with Crippen molar-refractivity contribution in [3.05, 3.63) is 67.7 Å². The number of aryl methyl sites for hydroxylation is 2. The SMILES string of the molecule is Cc1cccc(NC(=O)c2c(C)cccc2[N+](=O)[O-])c1Br. The molecule has 0 radical (unpaired) electrons. The number of nitro benzene ring substituents is 1. The summed E-state index contributed by atoms with van der Waals surface area (Å²) in [6.07, 6.45) is 0. The van der Waals surface area contributed by atoms with Crippen LogP contribution in [-0.2, 0) is 0 Å². The summed E-state index contributed by atoms with van der Waals surface area (Å²) >= 11 is 3.40. The van der Waals surface area contributed by atoms with Crippen LogP contribution in [0.25, 0.3) is 0 Å². The molecule has 0 atom stereocenters. The number of amides is 1. The normalized spacial score (nSPS) is 10.2. The monoisotopic (exact) mass is 348 g/mol. The molecule has 0 saturated heterocycles. The Morgan fingerprint density at radius 3 is 2.43 bits per heavy atom. The maximum atomic E-state index is 12.4. The van der Waals surface area contributed by atoms with Gasteiger partial charge in [0.05, 0.1) is 10.6 Å². The van der Waals surface area contributed by atoms with Gasteiger partial charge in [-0.05, 0) is 47.0 Å². The highest BCUT2D eigenvalue weighted by molar-refractivity contribution is 9.10. The molecular weight excluding hydrogens is 336 g/mol.